The topological polar surface area (TPSA) is 26.8 Å². The molecular formula is C18H29N3O. The van der Waals surface area contributed by atoms with Crippen LogP contribution in [0.3, 0.4) is 0 Å². The van der Waals surface area contributed by atoms with Crippen LogP contribution >= 0.6 is 0 Å². The first-order chi connectivity index (χ1) is 10.6. The van der Waals surface area contributed by atoms with Crippen LogP contribution in [-0.4, -0.2) is 54.6 Å². The van der Waals surface area contributed by atoms with Gasteiger partial charge in [0.25, 0.3) is 0 Å². The van der Waals surface area contributed by atoms with Crippen molar-refractivity contribution in [3.05, 3.63) is 30.3 Å². The van der Waals surface area contributed by atoms with Crippen molar-refractivity contribution in [1.82, 2.24) is 9.80 Å². The number of anilines is 1. The summed E-state index contributed by atoms with van der Waals surface area (Å²) in [4.78, 5) is 19.1. The molecular weight excluding hydrogens is 274 g/mol. The molecule has 0 radical (unpaired) electrons. The van der Waals surface area contributed by atoms with Crippen LogP contribution in [-0.2, 0) is 4.79 Å². The molecule has 1 heterocycles. The zero-order valence-corrected chi connectivity index (χ0v) is 14.2. The summed E-state index contributed by atoms with van der Waals surface area (Å²) in [5.41, 5.74) is 1.01. The normalized spacial score (nSPS) is 16.9. The van der Waals surface area contributed by atoms with Gasteiger partial charge in [-0.05, 0) is 32.4 Å². The summed E-state index contributed by atoms with van der Waals surface area (Å²) in [6.07, 6.45) is 1.76. The molecule has 4 nitrogen and oxygen atoms in total. The highest BCUT2D eigenvalue weighted by Gasteiger charge is 2.21. The van der Waals surface area contributed by atoms with Gasteiger partial charge in [0, 0.05) is 44.3 Å². The van der Waals surface area contributed by atoms with Crippen molar-refractivity contribution in [3.63, 3.8) is 0 Å². The van der Waals surface area contributed by atoms with E-state index in [1.807, 2.05) is 42.2 Å². The second-order valence-corrected chi connectivity index (χ2v) is 6.25. The van der Waals surface area contributed by atoms with Crippen LogP contribution in [0.1, 0.15) is 33.6 Å². The maximum atomic E-state index is 12.3. The zero-order valence-electron chi connectivity index (χ0n) is 14.2. The summed E-state index contributed by atoms with van der Waals surface area (Å²) in [5, 5.41) is 0. The summed E-state index contributed by atoms with van der Waals surface area (Å²) in [6.45, 7) is 11.5. The molecule has 1 fully saturated rings. The molecule has 22 heavy (non-hydrogen) atoms. The Morgan fingerprint density at radius 1 is 1.23 bits per heavy atom. The molecule has 1 aliphatic heterocycles. The van der Waals surface area contributed by atoms with Crippen molar-refractivity contribution in [1.29, 1.82) is 0 Å². The first-order valence-electron chi connectivity index (χ1n) is 8.43. The summed E-state index contributed by atoms with van der Waals surface area (Å²) >= 11 is 0. The van der Waals surface area contributed by atoms with Gasteiger partial charge >= 0.3 is 0 Å². The number of amides is 1. The Balaban J connectivity index is 1.95. The molecule has 1 aromatic rings. The lowest BCUT2D eigenvalue weighted by atomic mass is 10.2. The number of para-hydroxylation sites is 1. The molecule has 0 N–H and O–H groups in total. The smallest absolute Gasteiger partial charge is 0.226 e. The molecule has 1 amide bonds. The fourth-order valence-electron chi connectivity index (χ4n) is 2.94. The van der Waals surface area contributed by atoms with Crippen molar-refractivity contribution < 1.29 is 4.79 Å². The lowest BCUT2D eigenvalue weighted by Gasteiger charge is -2.38. The molecule has 0 atom stereocenters. The number of hydrogen-bond donors (Lipinski definition) is 0. The van der Waals surface area contributed by atoms with Crippen molar-refractivity contribution >= 4 is 11.6 Å². The van der Waals surface area contributed by atoms with Gasteiger partial charge in [0.1, 0.15) is 0 Å². The maximum Gasteiger partial charge on any atom is 0.226 e. The van der Waals surface area contributed by atoms with Crippen LogP contribution in [0, 0.1) is 0 Å². The van der Waals surface area contributed by atoms with Gasteiger partial charge in [0.15, 0.2) is 0 Å². The molecule has 0 spiro atoms. The second kappa shape index (κ2) is 8.30. The van der Waals surface area contributed by atoms with Gasteiger partial charge in [-0.1, -0.05) is 25.1 Å². The van der Waals surface area contributed by atoms with Crippen molar-refractivity contribution in [2.24, 2.45) is 0 Å². The SMILES string of the molecule is CCC(=O)N(CCN1CCCN(C(C)C)C1)c1ccccc1. The van der Waals surface area contributed by atoms with E-state index in [-0.39, 0.29) is 5.91 Å². The van der Waals surface area contributed by atoms with Crippen LogP contribution in [0.15, 0.2) is 30.3 Å². The Bertz CT molecular complexity index is 461. The fourth-order valence-corrected chi connectivity index (χ4v) is 2.94. The quantitative estimate of drug-likeness (QED) is 0.808. The van der Waals surface area contributed by atoms with Crippen LogP contribution in [0.4, 0.5) is 5.69 Å². The molecule has 0 saturated carbocycles. The highest BCUT2D eigenvalue weighted by Crippen LogP contribution is 2.15. The van der Waals surface area contributed by atoms with Crippen molar-refractivity contribution in [2.75, 3.05) is 37.7 Å². The number of rotatable bonds is 6. The van der Waals surface area contributed by atoms with Gasteiger partial charge in [-0.25, -0.2) is 0 Å². The lowest BCUT2D eigenvalue weighted by molar-refractivity contribution is -0.118. The summed E-state index contributed by atoms with van der Waals surface area (Å²) < 4.78 is 0. The third-order valence-electron chi connectivity index (χ3n) is 4.34. The molecule has 2 rings (SSSR count). The predicted octanol–water partition coefficient (Wildman–Crippen LogP) is 2.80. The highest BCUT2D eigenvalue weighted by atomic mass is 16.2. The second-order valence-electron chi connectivity index (χ2n) is 6.25. The Labute approximate surface area is 134 Å². The standard InChI is InChI=1S/C18H29N3O/c1-4-18(22)21(17-9-6-5-7-10-17)14-13-19-11-8-12-20(15-19)16(2)3/h5-7,9-10,16H,4,8,11-15H2,1-3H3. The van der Waals surface area contributed by atoms with Gasteiger partial charge in [-0.3, -0.25) is 14.6 Å². The molecule has 0 bridgehead atoms. The Hall–Kier alpha value is -1.39. The van der Waals surface area contributed by atoms with E-state index in [4.69, 9.17) is 0 Å². The van der Waals surface area contributed by atoms with Gasteiger partial charge in [-0.15, -0.1) is 0 Å². The minimum atomic E-state index is 0.198. The first-order valence-corrected chi connectivity index (χ1v) is 8.43. The first kappa shape index (κ1) is 17.0. The molecule has 122 valence electrons. The molecule has 0 unspecified atom stereocenters. The van der Waals surface area contributed by atoms with E-state index >= 15 is 0 Å². The number of carbonyl (C=O) groups excluding carboxylic acids is 1. The lowest BCUT2D eigenvalue weighted by Crippen LogP contribution is -2.50. The predicted molar refractivity (Wildman–Crippen MR) is 92.0 cm³/mol. The van der Waals surface area contributed by atoms with E-state index < -0.39 is 0 Å². The monoisotopic (exact) mass is 303 g/mol. The third kappa shape index (κ3) is 4.55. The minimum Gasteiger partial charge on any atom is -0.311 e. The highest BCUT2D eigenvalue weighted by molar-refractivity contribution is 5.93. The van der Waals surface area contributed by atoms with E-state index in [0.29, 0.717) is 12.5 Å². The van der Waals surface area contributed by atoms with Crippen LogP contribution in [0.2, 0.25) is 0 Å². The summed E-state index contributed by atoms with van der Waals surface area (Å²) in [7, 11) is 0. The third-order valence-corrected chi connectivity index (χ3v) is 4.34. The average Bonchev–Trinajstić information content (AvgIpc) is 2.56. The molecule has 1 saturated heterocycles. The summed E-state index contributed by atoms with van der Waals surface area (Å²) in [5.74, 6) is 0.198. The van der Waals surface area contributed by atoms with Gasteiger partial charge in [-0.2, -0.15) is 0 Å². The molecule has 4 heteroatoms. The Morgan fingerprint density at radius 2 is 1.95 bits per heavy atom. The van der Waals surface area contributed by atoms with E-state index in [1.165, 1.54) is 13.0 Å². The van der Waals surface area contributed by atoms with E-state index in [0.717, 1.165) is 32.0 Å². The zero-order chi connectivity index (χ0) is 15.9. The number of carbonyl (C=O) groups is 1. The number of nitrogens with zero attached hydrogens (tertiary/aromatic N) is 3. The molecule has 0 aromatic heterocycles. The Morgan fingerprint density at radius 3 is 2.59 bits per heavy atom. The number of benzene rings is 1. The summed E-state index contributed by atoms with van der Waals surface area (Å²) in [6, 6.07) is 10.6. The van der Waals surface area contributed by atoms with Crippen molar-refractivity contribution in [2.45, 2.75) is 39.7 Å². The van der Waals surface area contributed by atoms with Crippen molar-refractivity contribution in [3.8, 4) is 0 Å². The van der Waals surface area contributed by atoms with Gasteiger partial charge < -0.3 is 4.90 Å². The van der Waals surface area contributed by atoms with Crippen LogP contribution < -0.4 is 4.90 Å². The van der Waals surface area contributed by atoms with Crippen LogP contribution in [0.5, 0.6) is 0 Å². The van der Waals surface area contributed by atoms with E-state index in [2.05, 4.69) is 23.6 Å². The average molecular weight is 303 g/mol. The molecule has 0 aliphatic carbocycles. The minimum absolute atomic E-state index is 0.198. The maximum absolute atomic E-state index is 12.3. The van der Waals surface area contributed by atoms with Gasteiger partial charge in [0.2, 0.25) is 5.91 Å². The van der Waals surface area contributed by atoms with E-state index in [9.17, 15) is 4.79 Å². The number of hydrogen-bond acceptors (Lipinski definition) is 3. The molecule has 1 aliphatic rings. The molecule has 1 aromatic carbocycles. The largest absolute Gasteiger partial charge is 0.311 e. The van der Waals surface area contributed by atoms with E-state index in [1.54, 1.807) is 0 Å². The fraction of sp³-hybridized carbons (Fsp3) is 0.611. The van der Waals surface area contributed by atoms with Crippen LogP contribution in [0.25, 0.3) is 0 Å². The van der Waals surface area contributed by atoms with Gasteiger partial charge in [0.05, 0.1) is 6.67 Å². The Kier molecular flexibility index (Phi) is 6.40.